The van der Waals surface area contributed by atoms with Gasteiger partial charge in [-0.1, -0.05) is 6.07 Å². The molecule has 2 aromatic carbocycles. The highest BCUT2D eigenvalue weighted by atomic mass is 16.6. The number of aryl methyl sites for hydroxylation is 1. The number of carbonyl (C=O) groups is 1. The van der Waals surface area contributed by atoms with Crippen molar-refractivity contribution in [2.45, 2.75) is 84.1 Å². The largest absolute Gasteiger partial charge is 0.496 e. The lowest BCUT2D eigenvalue weighted by Crippen LogP contribution is -2.54. The Kier molecular flexibility index (Phi) is 8.47. The summed E-state index contributed by atoms with van der Waals surface area (Å²) in [5.74, 6) is 2.06. The average Bonchev–Trinajstić information content (AvgIpc) is 3.57. The van der Waals surface area contributed by atoms with E-state index in [1.807, 2.05) is 39.1 Å². The van der Waals surface area contributed by atoms with Gasteiger partial charge in [0.05, 0.1) is 35.9 Å². The van der Waals surface area contributed by atoms with Gasteiger partial charge in [0.1, 0.15) is 29.3 Å². The Morgan fingerprint density at radius 1 is 1.06 bits per heavy atom. The van der Waals surface area contributed by atoms with Crippen molar-refractivity contribution in [3.63, 3.8) is 0 Å². The molecule has 256 valence electrons. The Morgan fingerprint density at radius 2 is 1.88 bits per heavy atom. The standard InChI is InChI=1S/C36H47N7O5/c1-21-10-13-27-26(18-37-40-27)29(21)30-28(45-7)17-25-31(32(30)47-24-11-12-24)38-34(46-20-23-9-8-14-41(23)6)39-33(25)43-16-15-42(19-22(43)2)35(44)48-36(3,4)5/h10,13,17-18,22-24H,8-9,11-12,14-16,19-20H2,1-7H3,(H,37,40)/t22-,23?/m0/s1. The number of ether oxygens (including phenoxy) is 4. The molecule has 3 aliphatic rings. The average molecular weight is 658 g/mol. The summed E-state index contributed by atoms with van der Waals surface area (Å²) in [5.41, 5.74) is 3.95. The molecule has 12 nitrogen and oxygen atoms in total. The summed E-state index contributed by atoms with van der Waals surface area (Å²) in [4.78, 5) is 29.5. The third-order valence-electron chi connectivity index (χ3n) is 9.61. The number of hydrogen-bond acceptors (Lipinski definition) is 10. The van der Waals surface area contributed by atoms with Gasteiger partial charge in [0.15, 0.2) is 5.75 Å². The normalized spacial score (nSPS) is 20.5. The van der Waals surface area contributed by atoms with Gasteiger partial charge in [0, 0.05) is 42.7 Å². The van der Waals surface area contributed by atoms with E-state index in [9.17, 15) is 4.79 Å². The number of benzene rings is 2. The summed E-state index contributed by atoms with van der Waals surface area (Å²) in [7, 11) is 3.83. The number of aromatic nitrogens is 4. The highest BCUT2D eigenvalue weighted by molar-refractivity contribution is 6.06. The quantitative estimate of drug-likeness (QED) is 0.244. The molecule has 2 saturated heterocycles. The summed E-state index contributed by atoms with van der Waals surface area (Å²) in [6, 6.07) is 6.72. The molecule has 1 saturated carbocycles. The molecular weight excluding hydrogens is 610 g/mol. The fraction of sp³-hybridized carbons (Fsp3) is 0.556. The third-order valence-corrected chi connectivity index (χ3v) is 9.61. The summed E-state index contributed by atoms with van der Waals surface area (Å²) < 4.78 is 25.1. The zero-order chi connectivity index (χ0) is 33.7. The number of methoxy groups -OCH3 is 1. The predicted octanol–water partition coefficient (Wildman–Crippen LogP) is 5.95. The molecule has 1 N–H and O–H groups in total. The van der Waals surface area contributed by atoms with Crippen LogP contribution in [0.25, 0.3) is 32.9 Å². The summed E-state index contributed by atoms with van der Waals surface area (Å²) in [6.45, 7) is 13.0. The van der Waals surface area contributed by atoms with Crippen molar-refractivity contribution in [2.24, 2.45) is 0 Å². The number of likely N-dealkylation sites (N-methyl/N-ethyl adjacent to an activating group) is 1. The zero-order valence-electron chi connectivity index (χ0n) is 29.1. The molecule has 2 aliphatic heterocycles. The second-order valence-corrected chi connectivity index (χ2v) is 14.5. The number of aromatic amines is 1. The molecule has 4 aromatic rings. The van der Waals surface area contributed by atoms with Crippen LogP contribution in [0.4, 0.5) is 10.6 Å². The fourth-order valence-corrected chi connectivity index (χ4v) is 6.91. The molecule has 2 aromatic heterocycles. The first-order valence-electron chi connectivity index (χ1n) is 17.1. The Labute approximate surface area is 281 Å². The van der Waals surface area contributed by atoms with E-state index in [0.717, 1.165) is 71.0 Å². The number of carbonyl (C=O) groups excluding carboxylic acids is 1. The Bertz CT molecular complexity index is 1830. The van der Waals surface area contributed by atoms with Crippen molar-refractivity contribution >= 4 is 33.7 Å². The van der Waals surface area contributed by atoms with Crippen molar-refractivity contribution < 1.29 is 23.7 Å². The molecule has 3 fully saturated rings. The van der Waals surface area contributed by atoms with Crippen molar-refractivity contribution in [3.8, 4) is 28.6 Å². The highest BCUT2D eigenvalue weighted by Crippen LogP contribution is 2.50. The van der Waals surface area contributed by atoms with Gasteiger partial charge in [-0.25, -0.2) is 4.79 Å². The van der Waals surface area contributed by atoms with E-state index in [2.05, 4.69) is 47.0 Å². The van der Waals surface area contributed by atoms with E-state index in [-0.39, 0.29) is 18.2 Å². The van der Waals surface area contributed by atoms with Crippen LogP contribution in [-0.4, -0.2) is 107 Å². The van der Waals surface area contributed by atoms with E-state index in [4.69, 9.17) is 28.9 Å². The van der Waals surface area contributed by atoms with Crippen LogP contribution in [0.1, 0.15) is 58.9 Å². The maximum atomic E-state index is 13.0. The van der Waals surface area contributed by atoms with Gasteiger partial charge in [0.2, 0.25) is 0 Å². The van der Waals surface area contributed by atoms with Gasteiger partial charge in [-0.2, -0.15) is 15.1 Å². The van der Waals surface area contributed by atoms with Crippen molar-refractivity contribution in [1.82, 2.24) is 30.0 Å². The van der Waals surface area contributed by atoms with Gasteiger partial charge in [-0.15, -0.1) is 0 Å². The molecule has 0 spiro atoms. The number of piperazine rings is 1. The van der Waals surface area contributed by atoms with Crippen molar-refractivity contribution in [1.29, 1.82) is 0 Å². The molecule has 1 unspecified atom stereocenters. The number of H-pyrrole nitrogens is 1. The lowest BCUT2D eigenvalue weighted by Gasteiger charge is -2.41. The van der Waals surface area contributed by atoms with Crippen LogP contribution in [0.15, 0.2) is 24.4 Å². The number of nitrogens with one attached hydrogen (secondary N) is 1. The van der Waals surface area contributed by atoms with Crippen LogP contribution in [0.2, 0.25) is 0 Å². The first-order chi connectivity index (χ1) is 23.0. The van der Waals surface area contributed by atoms with Crippen LogP contribution < -0.4 is 19.1 Å². The lowest BCUT2D eigenvalue weighted by atomic mass is 9.94. The van der Waals surface area contributed by atoms with Gasteiger partial charge in [-0.3, -0.25) is 5.10 Å². The van der Waals surface area contributed by atoms with E-state index in [1.54, 1.807) is 12.0 Å². The number of rotatable bonds is 8. The molecule has 48 heavy (non-hydrogen) atoms. The van der Waals surface area contributed by atoms with Crippen LogP contribution >= 0.6 is 0 Å². The monoisotopic (exact) mass is 657 g/mol. The zero-order valence-corrected chi connectivity index (χ0v) is 29.1. The molecule has 2 atom stereocenters. The number of likely N-dealkylation sites (tertiary alicyclic amines) is 1. The van der Waals surface area contributed by atoms with Gasteiger partial charge >= 0.3 is 12.1 Å². The van der Waals surface area contributed by atoms with E-state index < -0.39 is 5.60 Å². The number of anilines is 1. The second kappa shape index (κ2) is 12.6. The van der Waals surface area contributed by atoms with Gasteiger partial charge in [-0.05, 0) is 91.6 Å². The molecule has 4 heterocycles. The SMILES string of the molecule is COc1cc2c(N3CCN(C(=O)OC(C)(C)C)C[C@@H]3C)nc(OCC3CCCN3C)nc2c(OC2CC2)c1-c1c(C)ccc2[nH]ncc12. The molecule has 0 radical (unpaired) electrons. The third kappa shape index (κ3) is 6.29. The smallest absolute Gasteiger partial charge is 0.410 e. The summed E-state index contributed by atoms with van der Waals surface area (Å²) in [5, 5.41) is 9.26. The Hall–Kier alpha value is -4.32. The number of amides is 1. The number of fused-ring (bicyclic) bond motifs is 2. The number of hydrogen-bond donors (Lipinski definition) is 1. The van der Waals surface area contributed by atoms with Crippen LogP contribution in [0.3, 0.4) is 0 Å². The van der Waals surface area contributed by atoms with E-state index in [0.29, 0.717) is 55.3 Å². The Morgan fingerprint density at radius 3 is 2.56 bits per heavy atom. The molecule has 12 heteroatoms. The summed E-state index contributed by atoms with van der Waals surface area (Å²) >= 11 is 0. The van der Waals surface area contributed by atoms with Crippen molar-refractivity contribution in [3.05, 3.63) is 30.0 Å². The maximum Gasteiger partial charge on any atom is 0.410 e. The molecular formula is C36H47N7O5. The number of nitrogens with zero attached hydrogens (tertiary/aromatic N) is 6. The van der Waals surface area contributed by atoms with Crippen LogP contribution in [-0.2, 0) is 4.74 Å². The van der Waals surface area contributed by atoms with Crippen LogP contribution in [0.5, 0.6) is 17.5 Å². The predicted molar refractivity (Wildman–Crippen MR) is 185 cm³/mol. The molecule has 1 amide bonds. The topological polar surface area (TPSA) is 118 Å². The van der Waals surface area contributed by atoms with Crippen LogP contribution in [0, 0.1) is 6.92 Å². The van der Waals surface area contributed by atoms with E-state index >= 15 is 0 Å². The maximum absolute atomic E-state index is 13.0. The van der Waals surface area contributed by atoms with Gasteiger partial charge in [0.25, 0.3) is 0 Å². The minimum absolute atomic E-state index is 0.0569. The molecule has 0 bridgehead atoms. The molecule has 7 rings (SSSR count). The van der Waals surface area contributed by atoms with Crippen molar-refractivity contribution in [2.75, 3.05) is 51.8 Å². The Balaban J connectivity index is 1.38. The fourth-order valence-electron chi connectivity index (χ4n) is 6.91. The summed E-state index contributed by atoms with van der Waals surface area (Å²) in [6.07, 6.45) is 5.82. The second-order valence-electron chi connectivity index (χ2n) is 14.5. The minimum atomic E-state index is -0.564. The first kappa shape index (κ1) is 32.2. The molecule has 1 aliphatic carbocycles. The first-order valence-corrected chi connectivity index (χ1v) is 17.1. The lowest BCUT2D eigenvalue weighted by molar-refractivity contribution is 0.0218. The minimum Gasteiger partial charge on any atom is -0.496 e. The van der Waals surface area contributed by atoms with E-state index in [1.165, 1.54) is 0 Å². The highest BCUT2D eigenvalue weighted by Gasteiger charge is 2.35. The van der Waals surface area contributed by atoms with Gasteiger partial charge < -0.3 is 33.6 Å².